The third-order valence-electron chi connectivity index (χ3n) is 19.6. The lowest BCUT2D eigenvalue weighted by atomic mass is 9.68. The zero-order valence-corrected chi connectivity index (χ0v) is 45.0. The van der Waals surface area contributed by atoms with Crippen molar-refractivity contribution in [2.75, 3.05) is 4.90 Å². The second-order valence-corrected chi connectivity index (χ2v) is 23.3. The quantitative estimate of drug-likeness (QED) is 0.159. The largest absolute Gasteiger partial charge is 0.309 e. The average molecular weight is 1040 g/mol. The molecule has 0 atom stereocenters. The molecule has 0 unspecified atom stereocenters. The topological polar surface area (TPSA) is 3.24 Å². The van der Waals surface area contributed by atoms with Crippen LogP contribution in [0.5, 0.6) is 0 Å². The molecule has 4 aliphatic rings. The Bertz CT molecular complexity index is 4960. The zero-order valence-electron chi connectivity index (χ0n) is 45.0. The van der Waals surface area contributed by atoms with Crippen molar-refractivity contribution in [3.8, 4) is 44.5 Å². The van der Waals surface area contributed by atoms with Crippen molar-refractivity contribution in [2.45, 2.75) is 17.8 Å². The summed E-state index contributed by atoms with van der Waals surface area (Å²) in [4.78, 5) is 2.64. The molecule has 0 amide bonds. The van der Waals surface area contributed by atoms with Gasteiger partial charge in [0.1, 0.15) is 0 Å². The van der Waals surface area contributed by atoms with Crippen LogP contribution in [0.15, 0.2) is 279 Å². The number of hydrogen-bond acceptors (Lipinski definition) is 1. The summed E-state index contributed by atoms with van der Waals surface area (Å²) in [5.74, 6) is 0. The Kier molecular flexibility index (Phi) is 8.65. The molecule has 4 aliphatic carbocycles. The smallest absolute Gasteiger partial charge is 0.0737 e. The van der Waals surface area contributed by atoms with Gasteiger partial charge in [-0.25, -0.2) is 0 Å². The Morgan fingerprint density at radius 1 is 0.232 bits per heavy atom. The van der Waals surface area contributed by atoms with E-state index in [1.165, 1.54) is 159 Å². The Labute approximate surface area is 475 Å². The monoisotopic (exact) mass is 1040 g/mol. The maximum absolute atomic E-state index is 2.64. The van der Waals surface area contributed by atoms with E-state index in [4.69, 9.17) is 0 Å². The van der Waals surface area contributed by atoms with Gasteiger partial charge in [0.05, 0.1) is 22.2 Å². The van der Waals surface area contributed by atoms with Gasteiger partial charge in [-0.2, -0.15) is 0 Å². The van der Waals surface area contributed by atoms with Gasteiger partial charge in [-0.15, -0.1) is 0 Å². The van der Waals surface area contributed by atoms with Crippen molar-refractivity contribution >= 4 is 81.7 Å². The third kappa shape index (κ3) is 5.27. The van der Waals surface area contributed by atoms with E-state index in [9.17, 15) is 0 Å². The van der Waals surface area contributed by atoms with Crippen LogP contribution in [0, 0.1) is 6.92 Å². The lowest BCUT2D eigenvalue weighted by Gasteiger charge is -2.35. The van der Waals surface area contributed by atoms with Crippen LogP contribution >= 0.6 is 0 Å². The standard InChI is InChI=1S/C81H49N/c1-48-42-44-49(45-43-48)82(72-46-66-74-60-32-8-2-22-50(60)52-24-4-10-34-62(52)78(74)80(76(66)64-36-12-6-30-58(64)72)68-38-18-14-26-54(68)55-27-15-19-39-69(55)80)73-47-67-75-61-33-9-3-23-51(61)53-25-5-11-35-63(53)79(75)81(77(67)65-37-13-7-31-59(65)73)70-40-20-16-28-56(70)57-29-17-21-41-71(57)81/h2-47H,1H3. The molecule has 2 spiro atoms. The number of benzene rings is 15. The Morgan fingerprint density at radius 2 is 0.500 bits per heavy atom. The number of aryl methyl sites for hydroxylation is 1. The van der Waals surface area contributed by atoms with E-state index in [1.54, 1.807) is 0 Å². The molecule has 0 N–H and O–H groups in total. The Morgan fingerprint density at radius 3 is 0.854 bits per heavy atom. The molecule has 0 aliphatic heterocycles. The second kappa shape index (κ2) is 15.9. The number of anilines is 3. The fourth-order valence-corrected chi connectivity index (χ4v) is 16.8. The molecule has 15 aromatic carbocycles. The molecule has 0 radical (unpaired) electrons. The summed E-state index contributed by atoms with van der Waals surface area (Å²) in [7, 11) is 0. The molecule has 0 fully saturated rings. The van der Waals surface area contributed by atoms with Crippen LogP contribution in [0.25, 0.3) is 109 Å². The van der Waals surface area contributed by atoms with Gasteiger partial charge in [-0.1, -0.05) is 260 Å². The van der Waals surface area contributed by atoms with Crippen LogP contribution in [-0.2, 0) is 10.8 Å². The summed E-state index contributed by atoms with van der Waals surface area (Å²) >= 11 is 0. The van der Waals surface area contributed by atoms with Gasteiger partial charge in [0.15, 0.2) is 0 Å². The van der Waals surface area contributed by atoms with Crippen molar-refractivity contribution < 1.29 is 0 Å². The fourth-order valence-electron chi connectivity index (χ4n) is 16.8. The molecule has 82 heavy (non-hydrogen) atoms. The number of hydrogen-bond donors (Lipinski definition) is 0. The van der Waals surface area contributed by atoms with Crippen molar-refractivity contribution in [2.24, 2.45) is 0 Å². The molecule has 378 valence electrons. The highest BCUT2D eigenvalue weighted by molar-refractivity contribution is 6.25. The predicted molar refractivity (Wildman–Crippen MR) is 343 cm³/mol. The molecule has 0 bridgehead atoms. The minimum absolute atomic E-state index is 0.607. The van der Waals surface area contributed by atoms with Gasteiger partial charge in [-0.05, 0) is 174 Å². The van der Waals surface area contributed by atoms with E-state index in [2.05, 4.69) is 291 Å². The Hall–Kier alpha value is -10.3. The van der Waals surface area contributed by atoms with E-state index in [1.807, 2.05) is 0 Å². The molecular formula is C81H49N. The first-order valence-corrected chi connectivity index (χ1v) is 28.9. The summed E-state index contributed by atoms with van der Waals surface area (Å²) in [5.41, 5.74) is 24.7. The summed E-state index contributed by atoms with van der Waals surface area (Å²) in [6, 6.07) is 107. The highest BCUT2D eigenvalue weighted by atomic mass is 15.1. The first-order valence-electron chi connectivity index (χ1n) is 28.9. The highest BCUT2D eigenvalue weighted by Gasteiger charge is 2.56. The number of fused-ring (bicyclic) bond motifs is 34. The van der Waals surface area contributed by atoms with Crippen molar-refractivity contribution in [3.63, 3.8) is 0 Å². The zero-order chi connectivity index (χ0) is 53.6. The summed E-state index contributed by atoms with van der Waals surface area (Å²) < 4.78 is 0. The molecular weight excluding hydrogens is 987 g/mol. The first kappa shape index (κ1) is 44.5. The molecule has 0 heterocycles. The van der Waals surface area contributed by atoms with Crippen molar-refractivity contribution in [1.82, 2.24) is 0 Å². The van der Waals surface area contributed by atoms with Crippen LogP contribution in [0.2, 0.25) is 0 Å². The maximum atomic E-state index is 2.64. The highest BCUT2D eigenvalue weighted by Crippen LogP contribution is 2.70. The lowest BCUT2D eigenvalue weighted by molar-refractivity contribution is 0.809. The second-order valence-electron chi connectivity index (χ2n) is 23.3. The third-order valence-corrected chi connectivity index (χ3v) is 19.6. The summed E-state index contributed by atoms with van der Waals surface area (Å²) in [6.45, 7) is 2.20. The molecule has 0 saturated carbocycles. The van der Waals surface area contributed by atoms with E-state index >= 15 is 0 Å². The van der Waals surface area contributed by atoms with Gasteiger partial charge in [0.25, 0.3) is 0 Å². The normalized spacial score (nSPS) is 14.1. The van der Waals surface area contributed by atoms with Gasteiger partial charge in [0, 0.05) is 16.5 Å². The SMILES string of the molecule is Cc1ccc(N(c2cc3c(c4ccccc24)C2(c4ccccc4-c4ccccc42)c2c-3c3ccccc3c3ccccc23)c2cc3c(c4ccccc24)C2(c4ccccc4-c4ccccc42)c2c-3c3ccccc3c3ccccc23)cc1. The van der Waals surface area contributed by atoms with Crippen molar-refractivity contribution in [3.05, 3.63) is 329 Å². The average Bonchev–Trinajstić information content (AvgIpc) is 2.85. The molecule has 1 heteroatoms. The maximum Gasteiger partial charge on any atom is 0.0737 e. The van der Waals surface area contributed by atoms with Crippen LogP contribution in [0.3, 0.4) is 0 Å². The molecule has 1 nitrogen and oxygen atoms in total. The van der Waals surface area contributed by atoms with Crippen LogP contribution in [-0.4, -0.2) is 0 Å². The van der Waals surface area contributed by atoms with Gasteiger partial charge < -0.3 is 4.90 Å². The molecule has 19 rings (SSSR count). The lowest BCUT2D eigenvalue weighted by Crippen LogP contribution is -2.27. The van der Waals surface area contributed by atoms with E-state index in [0.29, 0.717) is 0 Å². The van der Waals surface area contributed by atoms with Crippen LogP contribution in [0.4, 0.5) is 17.1 Å². The molecule has 15 aromatic rings. The minimum Gasteiger partial charge on any atom is -0.309 e. The van der Waals surface area contributed by atoms with E-state index < -0.39 is 10.8 Å². The van der Waals surface area contributed by atoms with E-state index in [0.717, 1.165) is 17.1 Å². The van der Waals surface area contributed by atoms with Crippen LogP contribution < -0.4 is 4.90 Å². The van der Waals surface area contributed by atoms with Crippen LogP contribution in [0.1, 0.15) is 50.1 Å². The minimum atomic E-state index is -0.607. The van der Waals surface area contributed by atoms with Gasteiger partial charge in [-0.3, -0.25) is 0 Å². The predicted octanol–water partition coefficient (Wildman–Crippen LogP) is 21.1. The molecule has 0 aromatic heterocycles. The van der Waals surface area contributed by atoms with E-state index in [-0.39, 0.29) is 0 Å². The fraction of sp³-hybridized carbons (Fsp3) is 0.0370. The number of rotatable bonds is 3. The first-order chi connectivity index (χ1) is 40.7. The van der Waals surface area contributed by atoms with Gasteiger partial charge in [0.2, 0.25) is 0 Å². The number of nitrogens with zero attached hydrogens (tertiary/aromatic N) is 1. The Balaban J connectivity index is 1.00. The summed E-state index contributed by atoms with van der Waals surface area (Å²) in [5, 5.41) is 15.2. The van der Waals surface area contributed by atoms with Gasteiger partial charge >= 0.3 is 0 Å². The molecule has 0 saturated heterocycles. The van der Waals surface area contributed by atoms with Crippen molar-refractivity contribution in [1.29, 1.82) is 0 Å². The summed E-state index contributed by atoms with van der Waals surface area (Å²) in [6.07, 6.45) is 0.